The molecule has 1 aromatic carbocycles. The second-order valence-corrected chi connectivity index (χ2v) is 6.80. The number of rotatable bonds is 7. The summed E-state index contributed by atoms with van der Waals surface area (Å²) < 4.78 is 32.2. The Kier molecular flexibility index (Phi) is 4.98. The van der Waals surface area contributed by atoms with E-state index in [1.807, 2.05) is 0 Å². The van der Waals surface area contributed by atoms with Crippen LogP contribution in [0.15, 0.2) is 41.6 Å². The maximum atomic E-state index is 12.1. The smallest absolute Gasteiger partial charge is 0.240 e. The minimum absolute atomic E-state index is 0.126. The van der Waals surface area contributed by atoms with Crippen molar-refractivity contribution >= 4 is 10.0 Å². The Morgan fingerprint density at radius 3 is 2.57 bits per heavy atom. The molecule has 0 radical (unpaired) electrons. The van der Waals surface area contributed by atoms with Crippen LogP contribution in [-0.2, 0) is 16.6 Å². The molecule has 2 rings (SSSR count). The number of imidazole rings is 1. The van der Waals surface area contributed by atoms with Crippen molar-refractivity contribution in [3.63, 3.8) is 0 Å². The van der Waals surface area contributed by atoms with Crippen LogP contribution in [-0.4, -0.2) is 25.0 Å². The van der Waals surface area contributed by atoms with Crippen molar-refractivity contribution in [1.82, 2.24) is 14.7 Å². The van der Waals surface area contributed by atoms with Gasteiger partial charge in [0.15, 0.2) is 0 Å². The Balaban J connectivity index is 1.99. The summed E-state index contributed by atoms with van der Waals surface area (Å²) in [5.74, 6) is 1.65. The second-order valence-electron chi connectivity index (χ2n) is 5.04. The largest absolute Gasteiger partial charge is 0.493 e. The molecule has 114 valence electrons. The second kappa shape index (κ2) is 6.73. The zero-order valence-corrected chi connectivity index (χ0v) is 12.9. The normalized spacial score (nSPS) is 11.8. The van der Waals surface area contributed by atoms with Crippen molar-refractivity contribution in [2.75, 3.05) is 6.61 Å². The average molecular weight is 309 g/mol. The number of H-pyrrole nitrogens is 1. The monoisotopic (exact) mass is 309 g/mol. The maximum absolute atomic E-state index is 12.1. The quantitative estimate of drug-likeness (QED) is 0.818. The van der Waals surface area contributed by atoms with E-state index in [2.05, 4.69) is 28.5 Å². The van der Waals surface area contributed by atoms with E-state index in [9.17, 15) is 8.42 Å². The van der Waals surface area contributed by atoms with Crippen LogP contribution in [0.2, 0.25) is 0 Å². The highest BCUT2D eigenvalue weighted by Gasteiger charge is 2.14. The van der Waals surface area contributed by atoms with Crippen LogP contribution >= 0.6 is 0 Å². The molecule has 0 saturated heterocycles. The third-order valence-corrected chi connectivity index (χ3v) is 4.12. The van der Waals surface area contributed by atoms with Crippen LogP contribution in [0.1, 0.15) is 19.7 Å². The van der Waals surface area contributed by atoms with Crippen molar-refractivity contribution in [2.45, 2.75) is 25.3 Å². The summed E-state index contributed by atoms with van der Waals surface area (Å²) in [5.41, 5.74) is 0. The zero-order valence-electron chi connectivity index (χ0n) is 12.0. The SMILES string of the molecule is CC(C)COc1ccc(S(=O)(=O)NCc2ncc[nH]2)cc1. The van der Waals surface area contributed by atoms with E-state index in [1.54, 1.807) is 24.5 Å². The summed E-state index contributed by atoms with van der Waals surface area (Å²) in [7, 11) is -3.55. The molecule has 0 unspecified atom stereocenters. The number of hydrogen-bond donors (Lipinski definition) is 2. The molecule has 0 fully saturated rings. The Morgan fingerprint density at radius 1 is 1.29 bits per heavy atom. The lowest BCUT2D eigenvalue weighted by atomic mass is 10.2. The Bertz CT molecular complexity index is 649. The Morgan fingerprint density at radius 2 is 2.00 bits per heavy atom. The first-order chi connectivity index (χ1) is 9.97. The van der Waals surface area contributed by atoms with Gasteiger partial charge in [-0.15, -0.1) is 0 Å². The lowest BCUT2D eigenvalue weighted by molar-refractivity contribution is 0.271. The molecule has 1 aromatic heterocycles. The highest BCUT2D eigenvalue weighted by molar-refractivity contribution is 7.89. The van der Waals surface area contributed by atoms with Crippen LogP contribution < -0.4 is 9.46 Å². The summed E-state index contributed by atoms with van der Waals surface area (Å²) in [6.45, 7) is 4.83. The van der Waals surface area contributed by atoms with E-state index in [4.69, 9.17) is 4.74 Å². The number of benzene rings is 1. The van der Waals surface area contributed by atoms with Gasteiger partial charge in [-0.05, 0) is 30.2 Å². The van der Waals surface area contributed by atoms with Crippen LogP contribution in [0, 0.1) is 5.92 Å². The molecule has 21 heavy (non-hydrogen) atoms. The molecule has 0 amide bonds. The standard InChI is InChI=1S/C14H19N3O3S/c1-11(2)10-20-12-3-5-13(6-4-12)21(18,19)17-9-14-15-7-8-16-14/h3-8,11,17H,9-10H2,1-2H3,(H,15,16). The van der Waals surface area contributed by atoms with Gasteiger partial charge in [0.05, 0.1) is 18.0 Å². The first kappa shape index (κ1) is 15.5. The van der Waals surface area contributed by atoms with E-state index in [0.29, 0.717) is 24.1 Å². The summed E-state index contributed by atoms with van der Waals surface area (Å²) in [6.07, 6.45) is 3.22. The highest BCUT2D eigenvalue weighted by Crippen LogP contribution is 2.16. The van der Waals surface area contributed by atoms with Gasteiger partial charge in [-0.25, -0.2) is 18.1 Å². The number of ether oxygens (including phenoxy) is 1. The molecule has 0 spiro atoms. The van der Waals surface area contributed by atoms with Crippen molar-refractivity contribution in [3.05, 3.63) is 42.5 Å². The fourth-order valence-corrected chi connectivity index (χ4v) is 2.61. The number of nitrogens with zero attached hydrogens (tertiary/aromatic N) is 1. The molecular formula is C14H19N3O3S. The molecule has 1 heterocycles. The minimum Gasteiger partial charge on any atom is -0.493 e. The summed E-state index contributed by atoms with van der Waals surface area (Å²) in [6, 6.07) is 6.37. The first-order valence-corrected chi connectivity index (χ1v) is 8.16. The van der Waals surface area contributed by atoms with E-state index in [-0.39, 0.29) is 11.4 Å². The third kappa shape index (κ3) is 4.57. The van der Waals surface area contributed by atoms with Crippen LogP contribution in [0.25, 0.3) is 0 Å². The molecule has 2 aromatic rings. The predicted octanol–water partition coefficient (Wildman–Crippen LogP) is 1.92. The van der Waals surface area contributed by atoms with Crippen LogP contribution in [0.3, 0.4) is 0 Å². The summed E-state index contributed by atoms with van der Waals surface area (Å²) >= 11 is 0. The number of sulfonamides is 1. The molecule has 0 saturated carbocycles. The lowest BCUT2D eigenvalue weighted by Gasteiger charge is -2.10. The van der Waals surface area contributed by atoms with Crippen molar-refractivity contribution in [2.24, 2.45) is 5.92 Å². The molecule has 0 aliphatic carbocycles. The van der Waals surface area contributed by atoms with Crippen molar-refractivity contribution < 1.29 is 13.2 Å². The maximum Gasteiger partial charge on any atom is 0.240 e. The van der Waals surface area contributed by atoms with Gasteiger partial charge in [0, 0.05) is 12.4 Å². The summed E-state index contributed by atoms with van der Waals surface area (Å²) in [5, 5.41) is 0. The molecule has 0 atom stereocenters. The van der Waals surface area contributed by atoms with Gasteiger partial charge in [0.1, 0.15) is 11.6 Å². The predicted molar refractivity (Wildman–Crippen MR) is 79.4 cm³/mol. The van der Waals surface area contributed by atoms with E-state index < -0.39 is 10.0 Å². The van der Waals surface area contributed by atoms with Gasteiger partial charge in [-0.3, -0.25) is 0 Å². The minimum atomic E-state index is -3.55. The van der Waals surface area contributed by atoms with Gasteiger partial charge < -0.3 is 9.72 Å². The van der Waals surface area contributed by atoms with Gasteiger partial charge in [0.25, 0.3) is 0 Å². The first-order valence-electron chi connectivity index (χ1n) is 6.68. The van der Waals surface area contributed by atoms with Gasteiger partial charge >= 0.3 is 0 Å². The third-order valence-electron chi connectivity index (χ3n) is 2.70. The van der Waals surface area contributed by atoms with E-state index >= 15 is 0 Å². The average Bonchev–Trinajstić information content (AvgIpc) is 2.97. The molecular weight excluding hydrogens is 290 g/mol. The Labute approximate surface area is 124 Å². The van der Waals surface area contributed by atoms with Crippen molar-refractivity contribution in [3.8, 4) is 5.75 Å². The number of nitrogens with one attached hydrogen (secondary N) is 2. The fourth-order valence-electron chi connectivity index (χ4n) is 1.62. The molecule has 0 aliphatic heterocycles. The fraction of sp³-hybridized carbons (Fsp3) is 0.357. The molecule has 7 heteroatoms. The number of aromatic amines is 1. The molecule has 6 nitrogen and oxygen atoms in total. The lowest BCUT2D eigenvalue weighted by Crippen LogP contribution is -2.23. The van der Waals surface area contributed by atoms with E-state index in [1.165, 1.54) is 12.1 Å². The van der Waals surface area contributed by atoms with Crippen LogP contribution in [0.5, 0.6) is 5.75 Å². The van der Waals surface area contributed by atoms with Gasteiger partial charge in [-0.2, -0.15) is 0 Å². The van der Waals surface area contributed by atoms with Crippen LogP contribution in [0.4, 0.5) is 0 Å². The van der Waals surface area contributed by atoms with Crippen molar-refractivity contribution in [1.29, 1.82) is 0 Å². The number of aromatic nitrogens is 2. The molecule has 0 aliphatic rings. The van der Waals surface area contributed by atoms with Gasteiger partial charge in [-0.1, -0.05) is 13.8 Å². The number of hydrogen-bond acceptors (Lipinski definition) is 4. The topological polar surface area (TPSA) is 84.1 Å². The van der Waals surface area contributed by atoms with Gasteiger partial charge in [0.2, 0.25) is 10.0 Å². The molecule has 0 bridgehead atoms. The molecule has 2 N–H and O–H groups in total. The zero-order chi connectivity index (χ0) is 15.3. The Hall–Kier alpha value is -1.86. The van der Waals surface area contributed by atoms with E-state index in [0.717, 1.165) is 0 Å². The summed E-state index contributed by atoms with van der Waals surface area (Å²) in [4.78, 5) is 7.00. The highest BCUT2D eigenvalue weighted by atomic mass is 32.2.